The minimum atomic E-state index is -1.19. The Kier molecular flexibility index (Phi) is 5.10. The third-order valence-electron chi connectivity index (χ3n) is 3.01. The Morgan fingerprint density at radius 2 is 1.72 bits per heavy atom. The first-order valence-electron chi connectivity index (χ1n) is 6.19. The molecule has 0 heterocycles. The second-order valence-corrected chi connectivity index (χ2v) is 4.06. The van der Waals surface area contributed by atoms with Crippen molar-refractivity contribution in [2.45, 2.75) is 33.0 Å². The number of aliphatic carboxylic acids is 1. The Bertz CT molecular complexity index is 308. The first kappa shape index (κ1) is 14.9. The summed E-state index contributed by atoms with van der Waals surface area (Å²) in [7, 11) is 0. The minimum absolute atomic E-state index is 0.227. The van der Waals surface area contributed by atoms with Gasteiger partial charge in [-0.15, -0.1) is 0 Å². The highest BCUT2D eigenvalue weighted by atomic mass is 16.7. The summed E-state index contributed by atoms with van der Waals surface area (Å²) >= 11 is 0. The van der Waals surface area contributed by atoms with Gasteiger partial charge in [-0.2, -0.15) is 0 Å². The van der Waals surface area contributed by atoms with Crippen molar-refractivity contribution in [3.8, 4) is 0 Å². The number of ether oxygens (including phenoxy) is 3. The van der Waals surface area contributed by atoms with Crippen LogP contribution in [-0.4, -0.2) is 42.7 Å². The summed E-state index contributed by atoms with van der Waals surface area (Å²) in [5.74, 6) is -4.48. The van der Waals surface area contributed by atoms with E-state index in [1.54, 1.807) is 20.8 Å². The van der Waals surface area contributed by atoms with E-state index in [0.717, 1.165) is 0 Å². The van der Waals surface area contributed by atoms with Gasteiger partial charge in [-0.25, -0.2) is 0 Å². The molecule has 0 radical (unpaired) electrons. The Morgan fingerprint density at radius 1 is 1.17 bits per heavy atom. The van der Waals surface area contributed by atoms with Gasteiger partial charge in [-0.1, -0.05) is 0 Å². The molecule has 0 unspecified atom stereocenters. The van der Waals surface area contributed by atoms with Crippen LogP contribution in [0.2, 0.25) is 0 Å². The van der Waals surface area contributed by atoms with Crippen LogP contribution in [0.15, 0.2) is 0 Å². The van der Waals surface area contributed by atoms with E-state index in [4.69, 9.17) is 14.2 Å². The van der Waals surface area contributed by atoms with Crippen LogP contribution in [0.5, 0.6) is 0 Å². The predicted octanol–water partition coefficient (Wildman–Crippen LogP) is 1.04. The van der Waals surface area contributed by atoms with Crippen LogP contribution < -0.4 is 0 Å². The van der Waals surface area contributed by atoms with Crippen LogP contribution in [-0.2, 0) is 23.8 Å². The summed E-state index contributed by atoms with van der Waals surface area (Å²) in [6.07, 6.45) is 0.227. The summed E-state index contributed by atoms with van der Waals surface area (Å²) in [6, 6.07) is 0. The number of carboxylic acids is 1. The van der Waals surface area contributed by atoms with E-state index in [9.17, 15) is 14.7 Å². The molecule has 1 N–H and O–H groups in total. The van der Waals surface area contributed by atoms with Crippen LogP contribution in [0.4, 0.5) is 0 Å². The average molecular weight is 260 g/mol. The van der Waals surface area contributed by atoms with Gasteiger partial charge in [0.1, 0.15) is 5.92 Å². The Labute approximate surface area is 106 Å². The van der Waals surface area contributed by atoms with Crippen molar-refractivity contribution in [2.24, 2.45) is 11.8 Å². The van der Waals surface area contributed by atoms with Gasteiger partial charge in [-0.3, -0.25) is 9.59 Å². The molecular formula is C12H20O6. The van der Waals surface area contributed by atoms with Crippen LogP contribution in [0.3, 0.4) is 0 Å². The Hall–Kier alpha value is -1.14. The largest absolute Gasteiger partial charge is 0.481 e. The number of carboxylic acid groups (broad SMARTS) is 1. The standard InChI is InChI=1S/C12H20O6/c1-4-16-11(15)8-7-12(17-5-2,18-6-3)9(8)10(13)14/h8-9H,4-7H2,1-3H3,(H,13,14)/t8-,9-/m1/s1. The zero-order valence-electron chi connectivity index (χ0n) is 11.0. The van der Waals surface area contributed by atoms with Gasteiger partial charge in [0.2, 0.25) is 0 Å². The lowest BCUT2D eigenvalue weighted by molar-refractivity contribution is -0.321. The second kappa shape index (κ2) is 6.15. The quantitative estimate of drug-likeness (QED) is 0.544. The third-order valence-corrected chi connectivity index (χ3v) is 3.01. The molecule has 2 atom stereocenters. The van der Waals surface area contributed by atoms with Gasteiger partial charge < -0.3 is 19.3 Å². The fraction of sp³-hybridized carbons (Fsp3) is 0.833. The van der Waals surface area contributed by atoms with Crippen molar-refractivity contribution in [1.29, 1.82) is 0 Å². The smallest absolute Gasteiger partial charge is 0.312 e. The van der Waals surface area contributed by atoms with Crippen molar-refractivity contribution in [3.05, 3.63) is 0 Å². The Balaban J connectivity index is 2.84. The van der Waals surface area contributed by atoms with E-state index in [1.165, 1.54) is 0 Å². The maximum absolute atomic E-state index is 11.6. The van der Waals surface area contributed by atoms with Gasteiger partial charge in [-0.05, 0) is 20.8 Å². The molecule has 0 spiro atoms. The molecule has 0 bridgehead atoms. The summed E-state index contributed by atoms with van der Waals surface area (Å²) in [5.41, 5.74) is 0. The maximum atomic E-state index is 11.6. The normalized spacial score (nSPS) is 25.3. The zero-order chi connectivity index (χ0) is 13.8. The first-order valence-corrected chi connectivity index (χ1v) is 6.19. The fourth-order valence-electron chi connectivity index (χ4n) is 2.35. The lowest BCUT2D eigenvalue weighted by atomic mass is 9.67. The van der Waals surface area contributed by atoms with Crippen LogP contribution in [0, 0.1) is 11.8 Å². The third kappa shape index (κ3) is 2.64. The maximum Gasteiger partial charge on any atom is 0.312 e. The van der Waals surface area contributed by atoms with Gasteiger partial charge in [0.05, 0.1) is 12.5 Å². The summed E-state index contributed by atoms with van der Waals surface area (Å²) in [5, 5.41) is 9.24. The molecule has 18 heavy (non-hydrogen) atoms. The number of hydrogen-bond acceptors (Lipinski definition) is 5. The minimum Gasteiger partial charge on any atom is -0.481 e. The molecule has 1 saturated carbocycles. The molecule has 0 aliphatic heterocycles. The molecule has 0 amide bonds. The molecule has 0 aromatic carbocycles. The molecule has 1 fully saturated rings. The molecule has 0 saturated heterocycles. The zero-order valence-corrected chi connectivity index (χ0v) is 11.0. The molecule has 0 aromatic heterocycles. The van der Waals surface area contributed by atoms with Gasteiger partial charge in [0, 0.05) is 19.6 Å². The highest BCUT2D eigenvalue weighted by molar-refractivity contribution is 5.84. The molecule has 1 aliphatic rings. The monoisotopic (exact) mass is 260 g/mol. The second-order valence-electron chi connectivity index (χ2n) is 4.06. The van der Waals surface area contributed by atoms with Crippen LogP contribution in [0.1, 0.15) is 27.2 Å². The van der Waals surface area contributed by atoms with E-state index in [-0.39, 0.29) is 13.0 Å². The lowest BCUT2D eigenvalue weighted by Crippen LogP contribution is -2.63. The summed E-state index contributed by atoms with van der Waals surface area (Å²) < 4.78 is 15.7. The number of carbonyl (C=O) groups is 2. The molecule has 0 aromatic rings. The van der Waals surface area contributed by atoms with E-state index in [1.807, 2.05) is 0 Å². The van der Waals surface area contributed by atoms with Crippen LogP contribution >= 0.6 is 0 Å². The predicted molar refractivity (Wildman–Crippen MR) is 61.8 cm³/mol. The van der Waals surface area contributed by atoms with Gasteiger partial charge >= 0.3 is 11.9 Å². The topological polar surface area (TPSA) is 82.1 Å². The molecule has 6 heteroatoms. The average Bonchev–Trinajstić information content (AvgIpc) is 2.25. The van der Waals surface area contributed by atoms with Crippen LogP contribution in [0.25, 0.3) is 0 Å². The van der Waals surface area contributed by atoms with E-state index in [2.05, 4.69) is 0 Å². The van der Waals surface area contributed by atoms with E-state index >= 15 is 0 Å². The molecular weight excluding hydrogens is 240 g/mol. The lowest BCUT2D eigenvalue weighted by Gasteiger charge is -2.49. The summed E-state index contributed by atoms with van der Waals surface area (Å²) in [4.78, 5) is 22.9. The van der Waals surface area contributed by atoms with Crippen molar-refractivity contribution in [3.63, 3.8) is 0 Å². The number of carbonyl (C=O) groups excluding carboxylic acids is 1. The molecule has 1 aliphatic carbocycles. The summed E-state index contributed by atoms with van der Waals surface area (Å²) in [6.45, 7) is 6.11. The van der Waals surface area contributed by atoms with E-state index < -0.39 is 29.6 Å². The Morgan fingerprint density at radius 3 is 2.11 bits per heavy atom. The number of rotatable bonds is 7. The number of esters is 1. The van der Waals surface area contributed by atoms with Crippen molar-refractivity contribution >= 4 is 11.9 Å². The number of hydrogen-bond donors (Lipinski definition) is 1. The van der Waals surface area contributed by atoms with Crippen molar-refractivity contribution < 1.29 is 28.9 Å². The van der Waals surface area contributed by atoms with Crippen molar-refractivity contribution in [2.75, 3.05) is 19.8 Å². The van der Waals surface area contributed by atoms with Gasteiger partial charge in [0.25, 0.3) is 0 Å². The molecule has 6 nitrogen and oxygen atoms in total. The van der Waals surface area contributed by atoms with Gasteiger partial charge in [0.15, 0.2) is 5.79 Å². The molecule has 1 rings (SSSR count). The first-order chi connectivity index (χ1) is 8.52. The highest BCUT2D eigenvalue weighted by Gasteiger charge is 2.63. The van der Waals surface area contributed by atoms with Crippen molar-refractivity contribution in [1.82, 2.24) is 0 Å². The fourth-order valence-corrected chi connectivity index (χ4v) is 2.35. The SMILES string of the molecule is CCOC(=O)[C@@H]1CC(OCC)(OCC)[C@H]1C(=O)O. The molecule has 104 valence electrons. The highest BCUT2D eigenvalue weighted by Crippen LogP contribution is 2.48. The van der Waals surface area contributed by atoms with E-state index in [0.29, 0.717) is 13.2 Å².